The topological polar surface area (TPSA) is 102 Å². The number of carbonyl (C=O) groups excluding carboxylic acids is 1. The minimum Gasteiger partial charge on any atom is -0.497 e. The van der Waals surface area contributed by atoms with Gasteiger partial charge in [-0.2, -0.15) is 0 Å². The Balaban J connectivity index is 2.65. The summed E-state index contributed by atoms with van der Waals surface area (Å²) in [5, 5.41) is 11.3. The van der Waals surface area contributed by atoms with E-state index < -0.39 is 5.97 Å². The second-order valence-corrected chi connectivity index (χ2v) is 4.26. The number of nitrogen functional groups attached to an aromatic ring is 1. The van der Waals surface area contributed by atoms with Crippen LogP contribution in [0, 0.1) is 0 Å². The van der Waals surface area contributed by atoms with Crippen molar-refractivity contribution in [1.29, 1.82) is 0 Å². The zero-order chi connectivity index (χ0) is 14.4. The molecule has 104 valence electrons. The van der Waals surface area contributed by atoms with Crippen LogP contribution in [0.25, 0.3) is 0 Å². The molecule has 1 atom stereocenters. The molecule has 6 heteroatoms. The van der Waals surface area contributed by atoms with Gasteiger partial charge >= 0.3 is 5.97 Å². The van der Waals surface area contributed by atoms with Gasteiger partial charge in [0.05, 0.1) is 12.7 Å². The van der Waals surface area contributed by atoms with Crippen LogP contribution in [0.2, 0.25) is 0 Å². The number of nitrogens with two attached hydrogens (primary N) is 1. The van der Waals surface area contributed by atoms with E-state index in [1.165, 1.54) is 7.11 Å². The summed E-state index contributed by atoms with van der Waals surface area (Å²) in [7, 11) is 1.52. The van der Waals surface area contributed by atoms with Crippen molar-refractivity contribution in [2.45, 2.75) is 25.8 Å². The summed E-state index contributed by atoms with van der Waals surface area (Å²) in [5.41, 5.74) is 6.43. The van der Waals surface area contributed by atoms with Crippen LogP contribution in [0.1, 0.15) is 30.1 Å². The number of hydrogen-bond acceptors (Lipinski definition) is 4. The van der Waals surface area contributed by atoms with Crippen molar-refractivity contribution in [1.82, 2.24) is 5.32 Å². The Hall–Kier alpha value is -2.24. The van der Waals surface area contributed by atoms with Crippen molar-refractivity contribution in [3.63, 3.8) is 0 Å². The van der Waals surface area contributed by atoms with Crippen LogP contribution in [-0.2, 0) is 4.79 Å². The maximum absolute atomic E-state index is 11.9. The molecule has 0 fully saturated rings. The second-order valence-electron chi connectivity index (χ2n) is 4.26. The number of carboxylic acid groups (broad SMARTS) is 1. The predicted octanol–water partition coefficient (Wildman–Crippen LogP) is 1.26. The lowest BCUT2D eigenvalue weighted by molar-refractivity contribution is -0.137. The molecule has 0 radical (unpaired) electrons. The number of nitrogens with one attached hydrogen (secondary N) is 1. The number of carboxylic acids is 1. The third kappa shape index (κ3) is 4.50. The smallest absolute Gasteiger partial charge is 0.303 e. The van der Waals surface area contributed by atoms with Crippen LogP contribution >= 0.6 is 0 Å². The fraction of sp³-hybridized carbons (Fsp3) is 0.385. The van der Waals surface area contributed by atoms with Gasteiger partial charge in [0.25, 0.3) is 5.91 Å². The minimum absolute atomic E-state index is 0.0134. The fourth-order valence-electron chi connectivity index (χ4n) is 1.59. The van der Waals surface area contributed by atoms with Gasteiger partial charge in [-0.25, -0.2) is 0 Å². The number of carbonyl (C=O) groups is 2. The molecule has 1 aromatic rings. The van der Waals surface area contributed by atoms with E-state index in [1.807, 2.05) is 0 Å². The lowest BCUT2D eigenvalue weighted by atomic mass is 10.1. The van der Waals surface area contributed by atoms with Gasteiger partial charge in [0.1, 0.15) is 5.75 Å². The lowest BCUT2D eigenvalue weighted by Gasteiger charge is -2.14. The first-order chi connectivity index (χ1) is 8.93. The van der Waals surface area contributed by atoms with E-state index in [4.69, 9.17) is 15.6 Å². The second kappa shape index (κ2) is 6.63. The number of ether oxygens (including phenoxy) is 1. The third-order valence-electron chi connectivity index (χ3n) is 2.67. The van der Waals surface area contributed by atoms with Crippen molar-refractivity contribution in [2.24, 2.45) is 0 Å². The van der Waals surface area contributed by atoms with Gasteiger partial charge < -0.3 is 20.9 Å². The summed E-state index contributed by atoms with van der Waals surface area (Å²) in [4.78, 5) is 22.4. The maximum atomic E-state index is 11.9. The molecule has 0 saturated carbocycles. The summed E-state index contributed by atoms with van der Waals surface area (Å²) >= 11 is 0. The Morgan fingerprint density at radius 2 is 2.16 bits per heavy atom. The average Bonchev–Trinajstić information content (AvgIpc) is 2.35. The van der Waals surface area contributed by atoms with Gasteiger partial charge in [-0.3, -0.25) is 9.59 Å². The maximum Gasteiger partial charge on any atom is 0.303 e. The van der Waals surface area contributed by atoms with Gasteiger partial charge in [0.15, 0.2) is 0 Å². The molecule has 0 heterocycles. The predicted molar refractivity (Wildman–Crippen MR) is 71.2 cm³/mol. The van der Waals surface area contributed by atoms with Crippen LogP contribution in [-0.4, -0.2) is 30.1 Å². The van der Waals surface area contributed by atoms with E-state index in [9.17, 15) is 9.59 Å². The number of anilines is 1. The highest BCUT2D eigenvalue weighted by Crippen LogP contribution is 2.19. The molecule has 0 aromatic heterocycles. The molecule has 0 bridgehead atoms. The largest absolute Gasteiger partial charge is 0.497 e. The molecular weight excluding hydrogens is 248 g/mol. The van der Waals surface area contributed by atoms with Crippen LogP contribution in [0.4, 0.5) is 5.69 Å². The first kappa shape index (κ1) is 14.8. The van der Waals surface area contributed by atoms with Crippen molar-refractivity contribution < 1.29 is 19.4 Å². The highest BCUT2D eigenvalue weighted by molar-refractivity contribution is 5.99. The zero-order valence-electron chi connectivity index (χ0n) is 11.0. The number of hydrogen-bond donors (Lipinski definition) is 3. The molecule has 1 aromatic carbocycles. The van der Waals surface area contributed by atoms with Crippen LogP contribution in [0.15, 0.2) is 18.2 Å². The normalized spacial score (nSPS) is 11.7. The molecule has 19 heavy (non-hydrogen) atoms. The van der Waals surface area contributed by atoms with Gasteiger partial charge in [-0.15, -0.1) is 0 Å². The highest BCUT2D eigenvalue weighted by Gasteiger charge is 2.14. The van der Waals surface area contributed by atoms with Gasteiger partial charge in [0, 0.05) is 24.2 Å². The number of amides is 1. The van der Waals surface area contributed by atoms with E-state index in [-0.39, 0.29) is 18.4 Å². The first-order valence-corrected chi connectivity index (χ1v) is 5.90. The molecule has 0 aliphatic carbocycles. The number of aliphatic carboxylic acids is 1. The van der Waals surface area contributed by atoms with Crippen molar-refractivity contribution in [3.05, 3.63) is 23.8 Å². The van der Waals surface area contributed by atoms with Crippen LogP contribution < -0.4 is 15.8 Å². The molecular formula is C13H18N2O4. The van der Waals surface area contributed by atoms with Gasteiger partial charge in [0.2, 0.25) is 0 Å². The summed E-state index contributed by atoms with van der Waals surface area (Å²) < 4.78 is 5.00. The number of rotatable bonds is 6. The number of benzene rings is 1. The van der Waals surface area contributed by atoms with E-state index >= 15 is 0 Å². The highest BCUT2D eigenvalue weighted by atomic mass is 16.5. The Morgan fingerprint density at radius 3 is 2.68 bits per heavy atom. The van der Waals surface area contributed by atoms with Gasteiger partial charge in [-0.1, -0.05) is 0 Å². The Labute approximate surface area is 111 Å². The van der Waals surface area contributed by atoms with Crippen molar-refractivity contribution in [2.75, 3.05) is 12.8 Å². The van der Waals surface area contributed by atoms with Crippen LogP contribution in [0.5, 0.6) is 5.75 Å². The molecule has 4 N–H and O–H groups in total. The fourth-order valence-corrected chi connectivity index (χ4v) is 1.59. The minimum atomic E-state index is -0.884. The molecule has 0 spiro atoms. The summed E-state index contributed by atoms with van der Waals surface area (Å²) in [6.07, 6.45) is 0.386. The molecule has 1 rings (SSSR count). The van der Waals surface area contributed by atoms with E-state index in [2.05, 4.69) is 5.32 Å². The Morgan fingerprint density at radius 1 is 1.47 bits per heavy atom. The van der Waals surface area contributed by atoms with E-state index in [1.54, 1.807) is 25.1 Å². The summed E-state index contributed by atoms with van der Waals surface area (Å²) in [6, 6.07) is 4.56. The molecule has 1 unspecified atom stereocenters. The summed E-state index contributed by atoms with van der Waals surface area (Å²) in [5.74, 6) is -0.629. The lowest BCUT2D eigenvalue weighted by Crippen LogP contribution is -2.33. The first-order valence-electron chi connectivity index (χ1n) is 5.90. The molecule has 1 amide bonds. The Bertz CT molecular complexity index is 474. The standard InChI is InChI=1S/C13H18N2O4/c1-8(3-6-12(16)17)15-13(18)10-5-4-9(19-2)7-11(10)14/h4-5,7-8H,3,6,14H2,1-2H3,(H,15,18)(H,16,17). The van der Waals surface area contributed by atoms with Crippen LogP contribution in [0.3, 0.4) is 0 Å². The van der Waals surface area contributed by atoms with Gasteiger partial charge in [-0.05, 0) is 25.5 Å². The molecule has 0 saturated heterocycles. The third-order valence-corrected chi connectivity index (χ3v) is 2.67. The molecule has 0 aliphatic rings. The average molecular weight is 266 g/mol. The van der Waals surface area contributed by atoms with E-state index in [0.29, 0.717) is 23.4 Å². The quantitative estimate of drug-likeness (QED) is 0.673. The molecule has 6 nitrogen and oxygen atoms in total. The van der Waals surface area contributed by atoms with Crippen molar-refractivity contribution in [3.8, 4) is 5.75 Å². The SMILES string of the molecule is COc1ccc(C(=O)NC(C)CCC(=O)O)c(N)c1. The Kier molecular flexibility index (Phi) is 5.17. The van der Waals surface area contributed by atoms with Crippen molar-refractivity contribution >= 4 is 17.6 Å². The monoisotopic (exact) mass is 266 g/mol. The van der Waals surface area contributed by atoms with E-state index in [0.717, 1.165) is 0 Å². The zero-order valence-corrected chi connectivity index (χ0v) is 11.0. The number of methoxy groups -OCH3 is 1. The summed E-state index contributed by atoms with van der Waals surface area (Å²) in [6.45, 7) is 1.75. The molecule has 0 aliphatic heterocycles.